The molecule has 102 valence electrons. The zero-order valence-corrected chi connectivity index (χ0v) is 11.0. The summed E-state index contributed by atoms with van der Waals surface area (Å²) in [5, 5.41) is 19.1. The second-order valence-electron chi connectivity index (χ2n) is 4.10. The first-order valence-electron chi connectivity index (χ1n) is 5.54. The van der Waals surface area contributed by atoms with Gasteiger partial charge in [0.1, 0.15) is 5.75 Å². The number of aromatic nitrogens is 1. The molecule has 0 aliphatic heterocycles. The van der Waals surface area contributed by atoms with Crippen molar-refractivity contribution in [2.45, 2.75) is 4.90 Å². The van der Waals surface area contributed by atoms with Gasteiger partial charge in [-0.3, -0.25) is 4.79 Å². The van der Waals surface area contributed by atoms with Crippen LogP contribution in [0.4, 0.5) is 0 Å². The molecule has 0 saturated carbocycles. The van der Waals surface area contributed by atoms with E-state index >= 15 is 0 Å². The van der Waals surface area contributed by atoms with Gasteiger partial charge < -0.3 is 14.8 Å². The zero-order valence-electron chi connectivity index (χ0n) is 10.2. The zero-order chi connectivity index (χ0) is 14.2. The van der Waals surface area contributed by atoms with Crippen LogP contribution < -0.4 is 5.56 Å². The third kappa shape index (κ3) is 2.11. The number of pyridine rings is 1. The molecule has 0 spiro atoms. The number of nitrogens with zero attached hydrogens (tertiary/aromatic N) is 1. The van der Waals surface area contributed by atoms with Crippen molar-refractivity contribution in [1.29, 1.82) is 0 Å². The fraction of sp³-hybridized carbons (Fsp3) is 0.250. The normalized spacial score (nSPS) is 11.9. The molecule has 19 heavy (non-hydrogen) atoms. The minimum absolute atomic E-state index is 0.279. The number of aliphatic hydroxyl groups excluding tert-OH is 1. The van der Waals surface area contributed by atoms with E-state index in [9.17, 15) is 18.3 Å². The Morgan fingerprint density at radius 2 is 1.89 bits per heavy atom. The number of sulfone groups is 1. The number of para-hydroxylation sites is 1. The first-order valence-corrected chi connectivity index (χ1v) is 7.19. The second-order valence-corrected chi connectivity index (χ2v) is 6.15. The summed E-state index contributed by atoms with van der Waals surface area (Å²) in [6.07, 6.45) is 0. The van der Waals surface area contributed by atoms with E-state index in [1.54, 1.807) is 18.2 Å². The number of rotatable bonds is 3. The van der Waals surface area contributed by atoms with Gasteiger partial charge in [-0.05, 0) is 12.1 Å². The van der Waals surface area contributed by atoms with Crippen molar-refractivity contribution >= 4 is 20.7 Å². The van der Waals surface area contributed by atoms with E-state index in [1.807, 2.05) is 0 Å². The lowest BCUT2D eigenvalue weighted by Crippen LogP contribution is -2.26. The van der Waals surface area contributed by atoms with Crippen LogP contribution in [0.2, 0.25) is 0 Å². The van der Waals surface area contributed by atoms with Crippen LogP contribution in [0.25, 0.3) is 10.9 Å². The molecule has 0 fully saturated rings. The number of fused-ring (bicyclic) bond motifs is 1. The summed E-state index contributed by atoms with van der Waals surface area (Å²) in [6.45, 7) is -0.613. The van der Waals surface area contributed by atoms with Gasteiger partial charge in [0.25, 0.3) is 5.56 Å². The highest BCUT2D eigenvalue weighted by molar-refractivity contribution is 7.91. The van der Waals surface area contributed by atoms with Crippen molar-refractivity contribution < 1.29 is 18.6 Å². The smallest absolute Gasteiger partial charge is 0.273 e. The first kappa shape index (κ1) is 13.6. The maximum absolute atomic E-state index is 12.1. The van der Waals surface area contributed by atoms with Gasteiger partial charge in [0, 0.05) is 12.4 Å². The lowest BCUT2D eigenvalue weighted by atomic mass is 10.2. The highest BCUT2D eigenvalue weighted by Crippen LogP contribution is 2.28. The Bertz CT molecular complexity index is 792. The van der Waals surface area contributed by atoms with E-state index in [4.69, 9.17) is 5.11 Å². The van der Waals surface area contributed by atoms with Crippen LogP contribution in [0.1, 0.15) is 0 Å². The molecule has 2 N–H and O–H groups in total. The summed E-state index contributed by atoms with van der Waals surface area (Å²) in [7, 11) is -2.59. The quantitative estimate of drug-likeness (QED) is 0.827. The first-order chi connectivity index (χ1) is 8.90. The van der Waals surface area contributed by atoms with Gasteiger partial charge in [0.15, 0.2) is 14.7 Å². The van der Waals surface area contributed by atoms with Crippen LogP contribution >= 0.6 is 0 Å². The predicted molar refractivity (Wildman–Crippen MR) is 70.0 cm³/mol. The standard InChI is InChI=1S/C12H13NO5S/c1-13-9-5-3-2-4-8(9)10(15)11(12(13)16)19(17,18)7-6-14/h2-5,14-15H,6-7H2,1H3. The molecule has 1 heterocycles. The Balaban J connectivity index is 2.95. The molecule has 2 aromatic rings. The highest BCUT2D eigenvalue weighted by Gasteiger charge is 2.25. The Kier molecular flexibility index (Phi) is 3.34. The summed E-state index contributed by atoms with van der Waals surface area (Å²) in [5.41, 5.74) is -0.363. The maximum Gasteiger partial charge on any atom is 0.273 e. The highest BCUT2D eigenvalue weighted by atomic mass is 32.2. The molecule has 0 radical (unpaired) electrons. The molecular weight excluding hydrogens is 270 g/mol. The molecule has 0 atom stereocenters. The number of benzene rings is 1. The predicted octanol–water partition coefficient (Wildman–Crippen LogP) is 0.0101. The largest absolute Gasteiger partial charge is 0.506 e. The monoisotopic (exact) mass is 283 g/mol. The molecular formula is C12H13NO5S. The lowest BCUT2D eigenvalue weighted by molar-refractivity contribution is 0.319. The van der Waals surface area contributed by atoms with E-state index in [0.717, 1.165) is 0 Å². The fourth-order valence-electron chi connectivity index (χ4n) is 1.95. The third-order valence-corrected chi connectivity index (χ3v) is 4.62. The van der Waals surface area contributed by atoms with Gasteiger partial charge in [-0.1, -0.05) is 12.1 Å². The third-order valence-electron chi connectivity index (χ3n) is 2.91. The van der Waals surface area contributed by atoms with Crippen LogP contribution in [0.3, 0.4) is 0 Å². The average Bonchev–Trinajstić information content (AvgIpc) is 2.36. The second kappa shape index (κ2) is 4.67. The Morgan fingerprint density at radius 3 is 2.53 bits per heavy atom. The molecule has 7 heteroatoms. The molecule has 0 bridgehead atoms. The number of aromatic hydroxyl groups is 1. The SMILES string of the molecule is Cn1c(=O)c(S(=O)(=O)CCO)c(O)c2ccccc21. The van der Waals surface area contributed by atoms with E-state index in [-0.39, 0.29) is 5.39 Å². The van der Waals surface area contributed by atoms with Crippen LogP contribution in [0, 0.1) is 0 Å². The van der Waals surface area contributed by atoms with Crippen LogP contribution in [-0.2, 0) is 16.9 Å². The Hall–Kier alpha value is -1.86. The van der Waals surface area contributed by atoms with Gasteiger partial charge in [0.05, 0.1) is 17.9 Å². The van der Waals surface area contributed by atoms with Crippen molar-refractivity contribution in [1.82, 2.24) is 4.57 Å². The number of hydrogen-bond acceptors (Lipinski definition) is 5. The summed E-state index contributed by atoms with van der Waals surface area (Å²) in [4.78, 5) is 11.4. The number of aliphatic hydroxyl groups is 1. The van der Waals surface area contributed by atoms with Gasteiger partial charge in [0.2, 0.25) is 0 Å². The van der Waals surface area contributed by atoms with E-state index in [1.165, 1.54) is 17.7 Å². The summed E-state index contributed by atoms with van der Waals surface area (Å²) < 4.78 is 25.0. The molecule has 1 aromatic carbocycles. The molecule has 2 rings (SSSR count). The number of hydrogen-bond donors (Lipinski definition) is 2. The van der Waals surface area contributed by atoms with Crippen LogP contribution in [0.15, 0.2) is 34.0 Å². The van der Waals surface area contributed by atoms with Crippen LogP contribution in [-0.4, -0.2) is 35.6 Å². The molecule has 0 amide bonds. The Labute approximate surface area is 109 Å². The van der Waals surface area contributed by atoms with Crippen LogP contribution in [0.5, 0.6) is 5.75 Å². The van der Waals surface area contributed by atoms with E-state index < -0.39 is 38.4 Å². The van der Waals surface area contributed by atoms with Crippen molar-refractivity contribution in [3.8, 4) is 5.75 Å². The Morgan fingerprint density at radius 1 is 1.26 bits per heavy atom. The molecule has 1 aromatic heterocycles. The van der Waals surface area contributed by atoms with Gasteiger partial charge in [-0.15, -0.1) is 0 Å². The summed E-state index contributed by atoms with van der Waals surface area (Å²) in [6, 6.07) is 6.46. The van der Waals surface area contributed by atoms with Crippen molar-refractivity contribution in [2.75, 3.05) is 12.4 Å². The minimum atomic E-state index is -4.02. The van der Waals surface area contributed by atoms with E-state index in [0.29, 0.717) is 5.52 Å². The molecule has 6 nitrogen and oxygen atoms in total. The molecule has 0 aliphatic carbocycles. The topological polar surface area (TPSA) is 96.6 Å². The lowest BCUT2D eigenvalue weighted by Gasteiger charge is -2.11. The minimum Gasteiger partial charge on any atom is -0.506 e. The molecule has 0 saturated heterocycles. The van der Waals surface area contributed by atoms with E-state index in [2.05, 4.69) is 0 Å². The van der Waals surface area contributed by atoms with Crippen molar-refractivity contribution in [2.24, 2.45) is 7.05 Å². The van der Waals surface area contributed by atoms with Gasteiger partial charge >= 0.3 is 0 Å². The van der Waals surface area contributed by atoms with Crippen molar-refractivity contribution in [3.05, 3.63) is 34.6 Å². The average molecular weight is 283 g/mol. The molecule has 0 aliphatic rings. The maximum atomic E-state index is 12.1. The van der Waals surface area contributed by atoms with Gasteiger partial charge in [-0.25, -0.2) is 8.42 Å². The van der Waals surface area contributed by atoms with Gasteiger partial charge in [-0.2, -0.15) is 0 Å². The molecule has 0 unspecified atom stereocenters. The number of aryl methyl sites for hydroxylation is 1. The summed E-state index contributed by atoms with van der Waals surface area (Å²) in [5.74, 6) is -1.17. The summed E-state index contributed by atoms with van der Waals surface area (Å²) >= 11 is 0. The fourth-order valence-corrected chi connectivity index (χ4v) is 3.21. The van der Waals surface area contributed by atoms with Crippen molar-refractivity contribution in [3.63, 3.8) is 0 Å².